The average molecular weight is 389 g/mol. The van der Waals surface area contributed by atoms with Crippen LogP contribution in [0.4, 0.5) is 0 Å². The molecule has 1 heterocycles. The Morgan fingerprint density at radius 2 is 1.90 bits per heavy atom. The normalized spacial score (nSPS) is 37.8. The van der Waals surface area contributed by atoms with Gasteiger partial charge in [0.1, 0.15) is 11.4 Å². The monoisotopic (exact) mass is 389 g/mol. The van der Waals surface area contributed by atoms with Gasteiger partial charge in [-0.15, -0.1) is 0 Å². The summed E-state index contributed by atoms with van der Waals surface area (Å²) in [5.41, 5.74) is 2.20. The molecule has 4 atom stereocenters. The molecule has 1 aliphatic heterocycles. The second kappa shape index (κ2) is 5.71. The molecule has 2 aromatic rings. The predicted octanol–water partition coefficient (Wildman–Crippen LogP) is 3.33. The van der Waals surface area contributed by atoms with Crippen LogP contribution in [0, 0.1) is 5.41 Å². The summed E-state index contributed by atoms with van der Waals surface area (Å²) in [5, 5.41) is 21.5. The molecule has 3 unspecified atom stereocenters. The molecule has 4 heteroatoms. The van der Waals surface area contributed by atoms with E-state index in [1.54, 1.807) is 6.07 Å². The minimum Gasteiger partial charge on any atom is -0.508 e. The molecular weight excluding hydrogens is 362 g/mol. The van der Waals surface area contributed by atoms with Crippen molar-refractivity contribution in [1.29, 1.82) is 0 Å². The molecule has 0 radical (unpaired) electrons. The van der Waals surface area contributed by atoms with Crippen molar-refractivity contribution in [1.82, 2.24) is 4.90 Å². The standard InChI is InChI=1S/C25H27NO3/c27-19-7-6-18-13-24-16-25(29)9-8-21(24)26(15-17-4-2-1-3-5-17)11-10-23(24,14-22(25)28)20(18)12-19/h1-7,12,21,27,29H,8-11,13-16H2/t21?,23?,24?,25-/m1/s1. The van der Waals surface area contributed by atoms with E-state index in [-0.39, 0.29) is 22.4 Å². The van der Waals surface area contributed by atoms with Crippen LogP contribution in [0.5, 0.6) is 5.75 Å². The number of likely N-dealkylation sites (tertiary alicyclic amines) is 1. The summed E-state index contributed by atoms with van der Waals surface area (Å²) in [5.74, 6) is 0.293. The Bertz CT molecular complexity index is 1000. The van der Waals surface area contributed by atoms with Crippen molar-refractivity contribution < 1.29 is 15.0 Å². The Balaban J connectivity index is 1.48. The number of hydrogen-bond donors (Lipinski definition) is 2. The number of carbonyl (C=O) groups excluding carboxylic acids is 1. The summed E-state index contributed by atoms with van der Waals surface area (Å²) in [6.45, 7) is 1.86. The first-order chi connectivity index (χ1) is 14.0. The van der Waals surface area contributed by atoms with Gasteiger partial charge >= 0.3 is 0 Å². The highest BCUT2D eigenvalue weighted by Crippen LogP contribution is 2.69. The summed E-state index contributed by atoms with van der Waals surface area (Å²) in [6, 6.07) is 16.7. The number of phenolic OH excluding ortho intramolecular Hbond substituents is 1. The molecule has 1 spiro atoms. The third-order valence-electron chi connectivity index (χ3n) is 8.62. The van der Waals surface area contributed by atoms with E-state index in [0.29, 0.717) is 25.3 Å². The maximum Gasteiger partial charge on any atom is 0.165 e. The zero-order valence-corrected chi connectivity index (χ0v) is 16.6. The van der Waals surface area contributed by atoms with Gasteiger partial charge in [0.2, 0.25) is 0 Å². The first-order valence-corrected chi connectivity index (χ1v) is 10.8. The van der Waals surface area contributed by atoms with Crippen LogP contribution >= 0.6 is 0 Å². The van der Waals surface area contributed by atoms with Crippen molar-refractivity contribution in [2.75, 3.05) is 6.54 Å². The van der Waals surface area contributed by atoms with Crippen molar-refractivity contribution in [3.63, 3.8) is 0 Å². The fraction of sp³-hybridized carbons (Fsp3) is 0.480. The van der Waals surface area contributed by atoms with Crippen molar-refractivity contribution in [3.05, 3.63) is 65.2 Å². The van der Waals surface area contributed by atoms with E-state index >= 15 is 0 Å². The third-order valence-corrected chi connectivity index (χ3v) is 8.62. The number of fused-ring (bicyclic) bond motifs is 2. The number of piperidine rings is 1. The zero-order valence-electron chi connectivity index (χ0n) is 16.6. The third kappa shape index (κ3) is 2.19. The maximum absolute atomic E-state index is 13.1. The topological polar surface area (TPSA) is 60.8 Å². The molecule has 2 bridgehead atoms. The molecule has 0 amide bonds. The van der Waals surface area contributed by atoms with Gasteiger partial charge in [-0.2, -0.15) is 0 Å². The number of benzene rings is 2. The first kappa shape index (κ1) is 17.7. The van der Waals surface area contributed by atoms with Gasteiger partial charge in [-0.25, -0.2) is 0 Å². The molecule has 2 aromatic carbocycles. The number of ketones is 1. The highest BCUT2D eigenvalue weighted by Gasteiger charge is 2.72. The largest absolute Gasteiger partial charge is 0.508 e. The Morgan fingerprint density at radius 1 is 1.07 bits per heavy atom. The van der Waals surface area contributed by atoms with Gasteiger partial charge in [0.25, 0.3) is 0 Å². The fourth-order valence-corrected chi connectivity index (χ4v) is 7.44. The minimum absolute atomic E-state index is 0.0132. The molecule has 29 heavy (non-hydrogen) atoms. The molecule has 4 nitrogen and oxygen atoms in total. The Hall–Kier alpha value is -2.17. The van der Waals surface area contributed by atoms with E-state index in [4.69, 9.17) is 0 Å². The van der Waals surface area contributed by atoms with E-state index in [0.717, 1.165) is 32.4 Å². The molecule has 0 aromatic heterocycles. The molecule has 1 saturated heterocycles. The van der Waals surface area contributed by atoms with Gasteiger partial charge in [0, 0.05) is 29.8 Å². The highest BCUT2D eigenvalue weighted by molar-refractivity contribution is 5.91. The lowest BCUT2D eigenvalue weighted by atomic mass is 9.44. The minimum atomic E-state index is -1.17. The van der Waals surface area contributed by atoms with Crippen LogP contribution in [-0.4, -0.2) is 39.1 Å². The Labute approximate surface area is 171 Å². The number of Topliss-reactive ketones (excluding diaryl/α,β-unsaturated/α-hetero) is 1. The second-order valence-corrected chi connectivity index (χ2v) is 9.83. The number of carbonyl (C=O) groups is 1. The number of aromatic hydroxyl groups is 1. The van der Waals surface area contributed by atoms with E-state index in [1.165, 1.54) is 16.7 Å². The Kier molecular flexibility index (Phi) is 3.48. The summed E-state index contributed by atoms with van der Waals surface area (Å²) >= 11 is 0. The van der Waals surface area contributed by atoms with Crippen LogP contribution < -0.4 is 0 Å². The summed E-state index contributed by atoms with van der Waals surface area (Å²) in [6.07, 6.45) is 4.21. The van der Waals surface area contributed by atoms with Gasteiger partial charge in [-0.1, -0.05) is 36.4 Å². The molecule has 3 fully saturated rings. The fourth-order valence-electron chi connectivity index (χ4n) is 7.44. The number of nitrogens with zero attached hydrogens (tertiary/aromatic N) is 1. The highest BCUT2D eigenvalue weighted by atomic mass is 16.3. The second-order valence-electron chi connectivity index (χ2n) is 9.83. The van der Waals surface area contributed by atoms with Crippen molar-refractivity contribution in [2.24, 2.45) is 5.41 Å². The van der Waals surface area contributed by atoms with Crippen LogP contribution in [0.15, 0.2) is 48.5 Å². The van der Waals surface area contributed by atoms with Crippen LogP contribution in [0.3, 0.4) is 0 Å². The lowest BCUT2D eigenvalue weighted by Gasteiger charge is -2.65. The molecular formula is C25H27NO3. The first-order valence-electron chi connectivity index (χ1n) is 10.8. The predicted molar refractivity (Wildman–Crippen MR) is 110 cm³/mol. The van der Waals surface area contributed by atoms with Crippen LogP contribution in [-0.2, 0) is 23.2 Å². The van der Waals surface area contributed by atoms with E-state index in [9.17, 15) is 15.0 Å². The molecule has 4 aliphatic rings. The molecule has 150 valence electrons. The van der Waals surface area contributed by atoms with Gasteiger partial charge in [0.05, 0.1) is 0 Å². The lowest BCUT2D eigenvalue weighted by molar-refractivity contribution is -0.188. The van der Waals surface area contributed by atoms with E-state index in [1.807, 2.05) is 12.1 Å². The van der Waals surface area contributed by atoms with Gasteiger partial charge in [0.15, 0.2) is 5.78 Å². The number of phenols is 1. The number of rotatable bonds is 2. The average Bonchev–Trinajstić information content (AvgIpc) is 2.97. The molecule has 3 aliphatic carbocycles. The SMILES string of the molecule is O=C1CC23CCN(Cc4ccccc4)C4CC[C@@]1(O)CC42Cc1ccc(O)cc13. The van der Waals surface area contributed by atoms with Crippen LogP contribution in [0.1, 0.15) is 48.8 Å². The summed E-state index contributed by atoms with van der Waals surface area (Å²) in [4.78, 5) is 15.7. The Morgan fingerprint density at radius 3 is 2.72 bits per heavy atom. The summed E-state index contributed by atoms with van der Waals surface area (Å²) < 4.78 is 0. The van der Waals surface area contributed by atoms with Gasteiger partial charge in [-0.05, 0) is 67.5 Å². The van der Waals surface area contributed by atoms with Crippen molar-refractivity contribution >= 4 is 5.78 Å². The van der Waals surface area contributed by atoms with E-state index in [2.05, 4.69) is 35.2 Å². The van der Waals surface area contributed by atoms with Gasteiger partial charge in [-0.3, -0.25) is 9.69 Å². The number of hydrogen-bond acceptors (Lipinski definition) is 4. The van der Waals surface area contributed by atoms with Gasteiger partial charge < -0.3 is 10.2 Å². The molecule has 6 rings (SSSR count). The number of aliphatic hydroxyl groups is 1. The molecule has 2 saturated carbocycles. The van der Waals surface area contributed by atoms with E-state index < -0.39 is 5.60 Å². The lowest BCUT2D eigenvalue weighted by Crippen LogP contribution is -2.71. The smallest absolute Gasteiger partial charge is 0.165 e. The molecule has 2 N–H and O–H groups in total. The van der Waals surface area contributed by atoms with Crippen LogP contribution in [0.2, 0.25) is 0 Å². The zero-order chi connectivity index (χ0) is 19.9. The van der Waals surface area contributed by atoms with Crippen molar-refractivity contribution in [3.8, 4) is 5.75 Å². The summed E-state index contributed by atoms with van der Waals surface area (Å²) in [7, 11) is 0. The van der Waals surface area contributed by atoms with Crippen molar-refractivity contribution in [2.45, 2.75) is 62.1 Å². The quantitative estimate of drug-likeness (QED) is 0.827. The maximum atomic E-state index is 13.1. The van der Waals surface area contributed by atoms with Crippen LogP contribution in [0.25, 0.3) is 0 Å².